The third-order valence-corrected chi connectivity index (χ3v) is 3.56. The van der Waals surface area contributed by atoms with Crippen molar-refractivity contribution in [3.8, 4) is 11.4 Å². The maximum atomic E-state index is 11.6. The molecule has 0 atom stereocenters. The maximum absolute atomic E-state index is 11.6. The first-order chi connectivity index (χ1) is 11.1. The average molecular weight is 328 g/mol. The van der Waals surface area contributed by atoms with Gasteiger partial charge in [0.15, 0.2) is 5.78 Å². The molecular formula is C17H14ClN3O2. The van der Waals surface area contributed by atoms with E-state index in [2.05, 4.69) is 15.5 Å². The van der Waals surface area contributed by atoms with Crippen molar-refractivity contribution in [2.24, 2.45) is 0 Å². The van der Waals surface area contributed by atoms with E-state index in [0.717, 1.165) is 11.3 Å². The molecule has 0 aliphatic rings. The van der Waals surface area contributed by atoms with Gasteiger partial charge in [-0.1, -0.05) is 28.9 Å². The third kappa shape index (κ3) is 3.57. The van der Waals surface area contributed by atoms with Crippen molar-refractivity contribution in [1.82, 2.24) is 10.1 Å². The summed E-state index contributed by atoms with van der Waals surface area (Å²) in [6.45, 7) is 1.87. The van der Waals surface area contributed by atoms with Crippen LogP contribution in [0.15, 0.2) is 53.1 Å². The Kier molecular flexibility index (Phi) is 4.39. The van der Waals surface area contributed by atoms with Crippen molar-refractivity contribution in [3.63, 3.8) is 0 Å². The first kappa shape index (κ1) is 15.2. The first-order valence-corrected chi connectivity index (χ1v) is 7.43. The minimum Gasteiger partial charge on any atom is -0.376 e. The lowest BCUT2D eigenvalue weighted by atomic mass is 10.1. The normalized spacial score (nSPS) is 10.5. The molecule has 0 saturated carbocycles. The monoisotopic (exact) mass is 327 g/mol. The molecule has 1 aromatic heterocycles. The summed E-state index contributed by atoms with van der Waals surface area (Å²) in [6, 6.07) is 14.5. The zero-order valence-electron chi connectivity index (χ0n) is 12.4. The van der Waals surface area contributed by atoms with Crippen LogP contribution in [-0.4, -0.2) is 15.9 Å². The van der Waals surface area contributed by atoms with Gasteiger partial charge in [-0.15, -0.1) is 0 Å². The number of carbonyl (C=O) groups is 1. The van der Waals surface area contributed by atoms with Gasteiger partial charge in [-0.05, 0) is 43.3 Å². The van der Waals surface area contributed by atoms with Gasteiger partial charge in [0, 0.05) is 21.8 Å². The Morgan fingerprint density at radius 1 is 1.17 bits per heavy atom. The number of benzene rings is 2. The number of ketones is 1. The van der Waals surface area contributed by atoms with Gasteiger partial charge in [-0.25, -0.2) is 0 Å². The lowest BCUT2D eigenvalue weighted by Gasteiger charge is -2.07. The molecule has 0 unspecified atom stereocenters. The van der Waals surface area contributed by atoms with E-state index >= 15 is 0 Å². The molecule has 6 heteroatoms. The summed E-state index contributed by atoms with van der Waals surface area (Å²) in [7, 11) is 0. The van der Waals surface area contributed by atoms with E-state index in [4.69, 9.17) is 16.1 Å². The molecule has 0 aliphatic carbocycles. The lowest BCUT2D eigenvalue weighted by molar-refractivity contribution is 0.101. The smallest absolute Gasteiger partial charge is 0.246 e. The number of nitrogens with zero attached hydrogens (tertiary/aromatic N) is 2. The number of hydrogen-bond acceptors (Lipinski definition) is 5. The van der Waals surface area contributed by atoms with Crippen LogP contribution >= 0.6 is 11.6 Å². The van der Waals surface area contributed by atoms with Gasteiger partial charge in [-0.3, -0.25) is 4.79 Å². The van der Waals surface area contributed by atoms with Crippen LogP contribution < -0.4 is 5.32 Å². The SMILES string of the molecule is CC(=O)c1ccccc1NCc1nc(-c2ccc(Cl)cc2)no1. The van der Waals surface area contributed by atoms with E-state index in [1.165, 1.54) is 6.92 Å². The molecule has 3 rings (SSSR count). The number of halogens is 1. The zero-order valence-corrected chi connectivity index (χ0v) is 13.2. The van der Waals surface area contributed by atoms with Gasteiger partial charge in [0.05, 0.1) is 6.54 Å². The van der Waals surface area contributed by atoms with Crippen LogP contribution in [0.1, 0.15) is 23.2 Å². The van der Waals surface area contributed by atoms with E-state index in [9.17, 15) is 4.79 Å². The second-order valence-electron chi connectivity index (χ2n) is 4.97. The van der Waals surface area contributed by atoms with Gasteiger partial charge in [0.2, 0.25) is 11.7 Å². The van der Waals surface area contributed by atoms with Crippen molar-refractivity contribution >= 4 is 23.1 Å². The highest BCUT2D eigenvalue weighted by Gasteiger charge is 2.10. The molecule has 0 fully saturated rings. The highest BCUT2D eigenvalue weighted by Crippen LogP contribution is 2.20. The minimum absolute atomic E-state index is 0.000447. The fourth-order valence-electron chi connectivity index (χ4n) is 2.16. The second kappa shape index (κ2) is 6.62. The van der Waals surface area contributed by atoms with Crippen molar-refractivity contribution < 1.29 is 9.32 Å². The van der Waals surface area contributed by atoms with Crippen molar-refractivity contribution in [1.29, 1.82) is 0 Å². The molecule has 0 radical (unpaired) electrons. The van der Waals surface area contributed by atoms with Crippen LogP contribution in [0.3, 0.4) is 0 Å². The summed E-state index contributed by atoms with van der Waals surface area (Å²) in [5.74, 6) is 0.937. The number of aromatic nitrogens is 2. The fourth-order valence-corrected chi connectivity index (χ4v) is 2.28. The molecule has 0 aliphatic heterocycles. The van der Waals surface area contributed by atoms with Gasteiger partial charge in [-0.2, -0.15) is 4.98 Å². The average Bonchev–Trinajstić information content (AvgIpc) is 3.03. The van der Waals surface area contributed by atoms with Gasteiger partial charge < -0.3 is 9.84 Å². The molecule has 1 N–H and O–H groups in total. The van der Waals surface area contributed by atoms with E-state index in [0.29, 0.717) is 28.8 Å². The Balaban J connectivity index is 1.73. The topological polar surface area (TPSA) is 68.0 Å². The summed E-state index contributed by atoms with van der Waals surface area (Å²) in [5, 5.41) is 7.75. The molecule has 116 valence electrons. The predicted octanol–water partition coefficient (Wildman–Crippen LogP) is 4.20. The summed E-state index contributed by atoms with van der Waals surface area (Å²) in [6.07, 6.45) is 0. The van der Waals surface area contributed by atoms with Crippen LogP contribution in [0.2, 0.25) is 5.02 Å². The predicted molar refractivity (Wildman–Crippen MR) is 88.5 cm³/mol. The lowest BCUT2D eigenvalue weighted by Crippen LogP contribution is -2.05. The van der Waals surface area contributed by atoms with E-state index in [1.54, 1.807) is 18.2 Å². The molecule has 0 spiro atoms. The zero-order chi connectivity index (χ0) is 16.2. The quantitative estimate of drug-likeness (QED) is 0.711. The Morgan fingerprint density at radius 3 is 2.65 bits per heavy atom. The number of hydrogen-bond donors (Lipinski definition) is 1. The third-order valence-electron chi connectivity index (χ3n) is 3.31. The van der Waals surface area contributed by atoms with E-state index < -0.39 is 0 Å². The van der Waals surface area contributed by atoms with Crippen molar-refractivity contribution in [2.45, 2.75) is 13.5 Å². The van der Waals surface area contributed by atoms with Crippen molar-refractivity contribution in [3.05, 3.63) is 65.0 Å². The molecule has 0 bridgehead atoms. The molecule has 23 heavy (non-hydrogen) atoms. The molecule has 3 aromatic rings. The molecular weight excluding hydrogens is 314 g/mol. The standard InChI is InChI=1S/C17H14ClN3O2/c1-11(22)14-4-2-3-5-15(14)19-10-16-20-17(21-23-16)12-6-8-13(18)9-7-12/h2-9,19H,10H2,1H3. The molecule has 2 aromatic carbocycles. The number of nitrogens with one attached hydrogen (secondary N) is 1. The number of Topliss-reactive ketones (excluding diaryl/α,β-unsaturated/α-hetero) is 1. The van der Waals surface area contributed by atoms with E-state index in [1.807, 2.05) is 30.3 Å². The maximum Gasteiger partial charge on any atom is 0.246 e. The highest BCUT2D eigenvalue weighted by atomic mass is 35.5. The van der Waals surface area contributed by atoms with Crippen LogP contribution in [0.5, 0.6) is 0 Å². The number of carbonyl (C=O) groups excluding carboxylic acids is 1. The first-order valence-electron chi connectivity index (χ1n) is 7.06. The van der Waals surface area contributed by atoms with Gasteiger partial charge >= 0.3 is 0 Å². The minimum atomic E-state index is 0.000447. The number of para-hydroxylation sites is 1. The highest BCUT2D eigenvalue weighted by molar-refractivity contribution is 6.30. The fraction of sp³-hybridized carbons (Fsp3) is 0.118. The van der Waals surface area contributed by atoms with Crippen LogP contribution in [0.4, 0.5) is 5.69 Å². The number of anilines is 1. The van der Waals surface area contributed by atoms with Crippen molar-refractivity contribution in [2.75, 3.05) is 5.32 Å². The Hall–Kier alpha value is -2.66. The van der Waals surface area contributed by atoms with E-state index in [-0.39, 0.29) is 5.78 Å². The van der Waals surface area contributed by atoms with Crippen LogP contribution in [-0.2, 0) is 6.54 Å². The largest absolute Gasteiger partial charge is 0.376 e. The van der Waals surface area contributed by atoms with Crippen LogP contribution in [0, 0.1) is 0 Å². The Labute approximate surface area is 138 Å². The Morgan fingerprint density at radius 2 is 1.91 bits per heavy atom. The summed E-state index contributed by atoms with van der Waals surface area (Å²) in [5.41, 5.74) is 2.20. The molecule has 0 saturated heterocycles. The number of rotatable bonds is 5. The Bertz CT molecular complexity index is 828. The summed E-state index contributed by atoms with van der Waals surface area (Å²) >= 11 is 5.86. The summed E-state index contributed by atoms with van der Waals surface area (Å²) in [4.78, 5) is 15.9. The summed E-state index contributed by atoms with van der Waals surface area (Å²) < 4.78 is 5.23. The molecule has 0 amide bonds. The molecule has 1 heterocycles. The van der Waals surface area contributed by atoms with Gasteiger partial charge in [0.25, 0.3) is 0 Å². The van der Waals surface area contributed by atoms with Gasteiger partial charge in [0.1, 0.15) is 0 Å². The molecule has 5 nitrogen and oxygen atoms in total. The second-order valence-corrected chi connectivity index (χ2v) is 5.41. The van der Waals surface area contributed by atoms with Crippen LogP contribution in [0.25, 0.3) is 11.4 Å².